The summed E-state index contributed by atoms with van der Waals surface area (Å²) in [5.41, 5.74) is 5.38. The van der Waals surface area contributed by atoms with Crippen LogP contribution in [-0.4, -0.2) is 46.6 Å². The van der Waals surface area contributed by atoms with Gasteiger partial charge in [-0.1, -0.05) is 24.3 Å². The van der Waals surface area contributed by atoms with Gasteiger partial charge in [0, 0.05) is 11.4 Å². The Balaban J connectivity index is 1.80. The van der Waals surface area contributed by atoms with Crippen molar-refractivity contribution in [2.75, 3.05) is 13.2 Å². The van der Waals surface area contributed by atoms with Crippen LogP contribution in [0.3, 0.4) is 0 Å². The number of esters is 4. The Bertz CT molecular complexity index is 1610. The van der Waals surface area contributed by atoms with E-state index in [4.69, 9.17) is 14.2 Å². The number of ether oxygens (including phenoxy) is 3. The number of carbonyl (C=O) groups excluding carboxylic acids is 4. The molecule has 4 atom stereocenters. The molecule has 2 bridgehead atoms. The number of nitrogens with zero attached hydrogens (tertiary/aromatic N) is 1. The maximum Gasteiger partial charge on any atom is 0.355 e. The average molecular weight is 531 g/mol. The highest BCUT2D eigenvalue weighted by Gasteiger charge is 2.70. The van der Waals surface area contributed by atoms with Gasteiger partial charge in [-0.05, 0) is 74.9 Å². The Morgan fingerprint density at radius 3 is 2.28 bits per heavy atom. The second kappa shape index (κ2) is 8.43. The predicted octanol–water partition coefficient (Wildman–Crippen LogP) is 3.97. The fraction of sp³-hybridized carbons (Fsp3) is 0.400. The zero-order valence-electron chi connectivity index (χ0n) is 22.8. The topological polar surface area (TPSA) is 117 Å². The lowest BCUT2D eigenvalue weighted by molar-refractivity contribution is -0.154. The van der Waals surface area contributed by atoms with Gasteiger partial charge in [0.25, 0.3) is 0 Å². The minimum Gasteiger partial charge on any atom is -0.461 e. The number of carbonyl (C=O) groups is 4. The van der Waals surface area contributed by atoms with Crippen LogP contribution in [-0.2, 0) is 29.2 Å². The Kier molecular flexibility index (Phi) is 5.44. The maximum atomic E-state index is 13.6. The van der Waals surface area contributed by atoms with E-state index in [-0.39, 0.29) is 18.9 Å². The highest BCUT2D eigenvalue weighted by Crippen LogP contribution is 2.65. The van der Waals surface area contributed by atoms with Gasteiger partial charge in [-0.2, -0.15) is 0 Å². The van der Waals surface area contributed by atoms with Gasteiger partial charge >= 0.3 is 23.9 Å². The van der Waals surface area contributed by atoms with Crippen molar-refractivity contribution in [3.8, 4) is 0 Å². The van der Waals surface area contributed by atoms with Crippen LogP contribution in [0.15, 0.2) is 24.3 Å². The molecular formula is C30H30N2O7. The fourth-order valence-electron chi connectivity index (χ4n) is 7.26. The molecule has 1 saturated heterocycles. The van der Waals surface area contributed by atoms with Crippen molar-refractivity contribution < 1.29 is 33.4 Å². The van der Waals surface area contributed by atoms with Gasteiger partial charge in [-0.3, -0.25) is 9.59 Å². The first-order valence-corrected chi connectivity index (χ1v) is 13.2. The largest absolute Gasteiger partial charge is 0.461 e. The van der Waals surface area contributed by atoms with E-state index in [1.807, 2.05) is 56.5 Å². The third-order valence-corrected chi connectivity index (χ3v) is 8.91. The van der Waals surface area contributed by atoms with Crippen molar-refractivity contribution in [3.05, 3.63) is 80.4 Å². The molecular weight excluding hydrogens is 500 g/mol. The van der Waals surface area contributed by atoms with Crippen molar-refractivity contribution in [1.29, 1.82) is 0 Å². The summed E-state index contributed by atoms with van der Waals surface area (Å²) < 4.78 is 18.0. The first kappa shape index (κ1) is 25.2. The minimum absolute atomic E-state index is 0.189. The number of aromatic amines is 1. The summed E-state index contributed by atoms with van der Waals surface area (Å²) in [6, 6.07) is 7.05. The lowest BCUT2D eigenvalue weighted by Gasteiger charge is -2.54. The van der Waals surface area contributed by atoms with Crippen LogP contribution in [0.5, 0.6) is 0 Å². The van der Waals surface area contributed by atoms with Crippen LogP contribution >= 0.6 is 0 Å². The van der Waals surface area contributed by atoms with Gasteiger partial charge in [-0.25, -0.2) is 9.59 Å². The third kappa shape index (κ3) is 2.90. The average Bonchev–Trinajstić information content (AvgIpc) is 3.49. The Labute approximate surface area is 225 Å². The van der Waals surface area contributed by atoms with Crippen LogP contribution < -0.4 is 0 Å². The standard InChI is InChI=1S/C30H30N2O7/c1-7-37-28(35)21-13(3)15(5)24(31-21)30-18-12-10-9-11-17(18)23(19-20(30)27(34)39-26(19)33)32-22(29(36)38-8-2)14(4)16(6)25(30)32/h9-12,19-20,23,31H,7-8H2,1-6H3/t19-,20-,23+,30-/m1/s1. The van der Waals surface area contributed by atoms with Crippen LogP contribution in [0.25, 0.3) is 0 Å². The summed E-state index contributed by atoms with van der Waals surface area (Å²) in [5.74, 6) is -4.00. The molecule has 3 aromatic rings. The molecule has 5 heterocycles. The summed E-state index contributed by atoms with van der Waals surface area (Å²) in [6.45, 7) is 11.4. The van der Waals surface area contributed by atoms with Gasteiger partial charge in [0.05, 0.1) is 36.5 Å². The number of hydrogen-bond acceptors (Lipinski definition) is 7. The van der Waals surface area contributed by atoms with Crippen LogP contribution in [0, 0.1) is 39.5 Å². The van der Waals surface area contributed by atoms with Crippen molar-refractivity contribution >= 4 is 23.9 Å². The van der Waals surface area contributed by atoms with Crippen LogP contribution in [0.4, 0.5) is 0 Å². The van der Waals surface area contributed by atoms with Gasteiger partial charge < -0.3 is 23.8 Å². The summed E-state index contributed by atoms with van der Waals surface area (Å²) in [4.78, 5) is 56.7. The van der Waals surface area contributed by atoms with Crippen LogP contribution in [0.1, 0.15) is 85.6 Å². The zero-order valence-corrected chi connectivity index (χ0v) is 22.8. The second-order valence-electron chi connectivity index (χ2n) is 10.5. The first-order valence-electron chi connectivity index (χ1n) is 13.2. The second-order valence-corrected chi connectivity index (χ2v) is 10.5. The molecule has 1 aromatic carbocycles. The van der Waals surface area contributed by atoms with Crippen molar-refractivity contribution in [1.82, 2.24) is 9.55 Å². The molecule has 1 fully saturated rings. The van der Waals surface area contributed by atoms with E-state index in [0.717, 1.165) is 33.5 Å². The maximum absolute atomic E-state index is 13.6. The fourth-order valence-corrected chi connectivity index (χ4v) is 7.26. The molecule has 2 aromatic heterocycles. The quantitative estimate of drug-likeness (QED) is 0.301. The molecule has 1 N–H and O–H groups in total. The van der Waals surface area contributed by atoms with E-state index < -0.39 is 47.2 Å². The van der Waals surface area contributed by atoms with E-state index >= 15 is 0 Å². The number of cyclic esters (lactones) is 2. The number of hydrogen-bond donors (Lipinski definition) is 1. The summed E-state index contributed by atoms with van der Waals surface area (Å²) in [5, 5.41) is 0. The Morgan fingerprint density at radius 1 is 0.923 bits per heavy atom. The van der Waals surface area contributed by atoms with E-state index in [2.05, 4.69) is 4.98 Å². The lowest BCUT2D eigenvalue weighted by atomic mass is 9.52. The molecule has 202 valence electrons. The zero-order chi connectivity index (χ0) is 28.0. The molecule has 0 unspecified atom stereocenters. The molecule has 7 rings (SSSR count). The molecule has 9 nitrogen and oxygen atoms in total. The minimum atomic E-state index is -1.24. The number of rotatable bonds is 5. The van der Waals surface area contributed by atoms with E-state index in [1.54, 1.807) is 13.8 Å². The van der Waals surface area contributed by atoms with E-state index in [9.17, 15) is 19.2 Å². The molecule has 0 spiro atoms. The number of benzene rings is 1. The van der Waals surface area contributed by atoms with E-state index in [0.29, 0.717) is 17.0 Å². The summed E-state index contributed by atoms with van der Waals surface area (Å²) in [6.07, 6.45) is 0. The summed E-state index contributed by atoms with van der Waals surface area (Å²) in [7, 11) is 0. The number of nitrogens with one attached hydrogen (secondary N) is 1. The number of aromatic nitrogens is 2. The van der Waals surface area contributed by atoms with Crippen molar-refractivity contribution in [2.24, 2.45) is 11.8 Å². The molecule has 0 saturated carbocycles. The van der Waals surface area contributed by atoms with Gasteiger partial charge in [0.1, 0.15) is 11.4 Å². The highest BCUT2D eigenvalue weighted by atomic mass is 16.6. The first-order chi connectivity index (χ1) is 18.6. The highest BCUT2D eigenvalue weighted by molar-refractivity contribution is 6.02. The Morgan fingerprint density at radius 2 is 1.59 bits per heavy atom. The van der Waals surface area contributed by atoms with Crippen LogP contribution in [0.2, 0.25) is 0 Å². The SMILES string of the molecule is CCOC(=O)c1[nH]c([C@@]23c4ccccc4[C@@H]([C@@H]4C(=O)OC(=O)[C@@H]42)n2c(C(=O)OCC)c(C)c(C)c23)c(C)c1C. The smallest absolute Gasteiger partial charge is 0.355 e. The number of H-pyrrole nitrogens is 1. The molecule has 4 aliphatic rings. The summed E-state index contributed by atoms with van der Waals surface area (Å²) >= 11 is 0. The molecule has 0 radical (unpaired) electrons. The van der Waals surface area contributed by atoms with Crippen molar-refractivity contribution in [3.63, 3.8) is 0 Å². The molecule has 9 heteroatoms. The van der Waals surface area contributed by atoms with E-state index in [1.165, 1.54) is 0 Å². The Hall–Kier alpha value is -4.14. The van der Waals surface area contributed by atoms with Gasteiger partial charge in [-0.15, -0.1) is 0 Å². The predicted molar refractivity (Wildman–Crippen MR) is 139 cm³/mol. The lowest BCUT2D eigenvalue weighted by Crippen LogP contribution is -2.57. The third-order valence-electron chi connectivity index (χ3n) is 8.91. The molecule has 1 aliphatic carbocycles. The van der Waals surface area contributed by atoms with Gasteiger partial charge in [0.15, 0.2) is 0 Å². The monoisotopic (exact) mass is 530 g/mol. The van der Waals surface area contributed by atoms with Crippen molar-refractivity contribution in [2.45, 2.75) is 53.0 Å². The molecule has 0 amide bonds. The normalized spacial score (nSPS) is 24.2. The molecule has 39 heavy (non-hydrogen) atoms. The molecule has 3 aliphatic heterocycles. The van der Waals surface area contributed by atoms with Gasteiger partial charge in [0.2, 0.25) is 0 Å².